The summed E-state index contributed by atoms with van der Waals surface area (Å²) in [5.41, 5.74) is -0.724. The zero-order valence-electron chi connectivity index (χ0n) is 9.20. The SMILES string of the molecule is C[C@H](NC[C@]1(O)CCOC1)c1ccc(Br)o1. The van der Waals surface area contributed by atoms with Crippen LogP contribution >= 0.6 is 15.9 Å². The number of furan rings is 1. The number of nitrogens with one attached hydrogen (secondary N) is 1. The molecule has 1 aromatic rings. The molecule has 16 heavy (non-hydrogen) atoms. The molecule has 2 heterocycles. The van der Waals surface area contributed by atoms with Crippen molar-refractivity contribution in [1.82, 2.24) is 5.32 Å². The summed E-state index contributed by atoms with van der Waals surface area (Å²) in [7, 11) is 0. The van der Waals surface area contributed by atoms with Gasteiger partial charge in [-0.15, -0.1) is 0 Å². The van der Waals surface area contributed by atoms with Gasteiger partial charge in [-0.1, -0.05) is 0 Å². The average molecular weight is 290 g/mol. The molecule has 0 bridgehead atoms. The monoisotopic (exact) mass is 289 g/mol. The first-order chi connectivity index (χ1) is 7.59. The van der Waals surface area contributed by atoms with Crippen LogP contribution in [-0.4, -0.2) is 30.5 Å². The molecule has 2 atom stereocenters. The second-order valence-electron chi connectivity index (χ2n) is 4.27. The highest BCUT2D eigenvalue weighted by molar-refractivity contribution is 9.10. The van der Waals surface area contributed by atoms with Gasteiger partial charge in [0, 0.05) is 19.6 Å². The molecule has 0 radical (unpaired) electrons. The van der Waals surface area contributed by atoms with Gasteiger partial charge in [0.2, 0.25) is 0 Å². The standard InChI is InChI=1S/C11H16BrNO3/c1-8(9-2-3-10(12)16-9)13-6-11(14)4-5-15-7-11/h2-3,8,13-14H,4-7H2,1H3/t8-,11+/m0/s1. The quantitative estimate of drug-likeness (QED) is 0.888. The van der Waals surface area contributed by atoms with E-state index < -0.39 is 5.60 Å². The van der Waals surface area contributed by atoms with Crippen molar-refractivity contribution in [2.75, 3.05) is 19.8 Å². The van der Waals surface area contributed by atoms with Crippen molar-refractivity contribution >= 4 is 15.9 Å². The topological polar surface area (TPSA) is 54.6 Å². The molecule has 0 unspecified atom stereocenters. The summed E-state index contributed by atoms with van der Waals surface area (Å²) < 4.78 is 11.3. The fourth-order valence-corrected chi connectivity index (χ4v) is 2.06. The summed E-state index contributed by atoms with van der Waals surface area (Å²) in [6.45, 7) is 3.57. The molecule has 0 spiro atoms. The zero-order valence-corrected chi connectivity index (χ0v) is 10.8. The summed E-state index contributed by atoms with van der Waals surface area (Å²) >= 11 is 3.26. The molecule has 1 fully saturated rings. The lowest BCUT2D eigenvalue weighted by atomic mass is 10.0. The molecule has 1 aromatic heterocycles. The molecule has 2 N–H and O–H groups in total. The van der Waals surface area contributed by atoms with Crippen LogP contribution < -0.4 is 5.32 Å². The van der Waals surface area contributed by atoms with Gasteiger partial charge in [0.25, 0.3) is 0 Å². The van der Waals surface area contributed by atoms with Gasteiger partial charge in [-0.05, 0) is 35.0 Å². The Balaban J connectivity index is 1.86. The Labute approximate surface area is 103 Å². The third-order valence-corrected chi connectivity index (χ3v) is 3.27. The van der Waals surface area contributed by atoms with Crippen molar-refractivity contribution < 1.29 is 14.3 Å². The maximum atomic E-state index is 10.1. The molecule has 1 aliphatic rings. The molecule has 2 rings (SSSR count). The van der Waals surface area contributed by atoms with Crippen molar-refractivity contribution in [2.24, 2.45) is 0 Å². The normalized spacial score (nSPS) is 27.2. The molecule has 90 valence electrons. The Morgan fingerprint density at radius 1 is 1.62 bits per heavy atom. The Morgan fingerprint density at radius 2 is 2.44 bits per heavy atom. The number of halogens is 1. The highest BCUT2D eigenvalue weighted by Crippen LogP contribution is 2.22. The molecule has 0 amide bonds. The van der Waals surface area contributed by atoms with E-state index in [4.69, 9.17) is 9.15 Å². The van der Waals surface area contributed by atoms with Gasteiger partial charge in [0.1, 0.15) is 11.4 Å². The first-order valence-corrected chi connectivity index (χ1v) is 6.17. The van der Waals surface area contributed by atoms with Gasteiger partial charge < -0.3 is 19.6 Å². The molecule has 1 aliphatic heterocycles. The summed E-state index contributed by atoms with van der Waals surface area (Å²) in [6.07, 6.45) is 0.689. The first-order valence-electron chi connectivity index (χ1n) is 5.38. The van der Waals surface area contributed by atoms with Crippen molar-refractivity contribution in [2.45, 2.75) is 25.0 Å². The Kier molecular flexibility index (Phi) is 3.69. The fourth-order valence-electron chi connectivity index (χ4n) is 1.74. The maximum absolute atomic E-state index is 10.1. The minimum atomic E-state index is -0.724. The number of rotatable bonds is 4. The van der Waals surface area contributed by atoms with Crippen LogP contribution in [0.5, 0.6) is 0 Å². The third kappa shape index (κ3) is 2.85. The van der Waals surface area contributed by atoms with Crippen LogP contribution in [0.15, 0.2) is 21.2 Å². The van der Waals surface area contributed by atoms with Crippen LogP contribution in [0.4, 0.5) is 0 Å². The van der Waals surface area contributed by atoms with Crippen LogP contribution in [-0.2, 0) is 4.74 Å². The molecule has 4 nitrogen and oxygen atoms in total. The summed E-state index contributed by atoms with van der Waals surface area (Å²) in [5, 5.41) is 13.3. The van der Waals surface area contributed by atoms with Crippen molar-refractivity contribution in [3.8, 4) is 0 Å². The average Bonchev–Trinajstić information content (AvgIpc) is 2.85. The minimum absolute atomic E-state index is 0.0796. The summed E-state index contributed by atoms with van der Waals surface area (Å²) in [4.78, 5) is 0. The van der Waals surface area contributed by atoms with Gasteiger partial charge in [-0.2, -0.15) is 0 Å². The molecular weight excluding hydrogens is 274 g/mol. The molecule has 5 heteroatoms. The number of aliphatic hydroxyl groups is 1. The van der Waals surface area contributed by atoms with E-state index in [2.05, 4.69) is 21.2 Å². The van der Waals surface area contributed by atoms with E-state index >= 15 is 0 Å². The lowest BCUT2D eigenvalue weighted by Gasteiger charge is -2.22. The Hall–Kier alpha value is -0.360. The third-order valence-electron chi connectivity index (χ3n) is 2.84. The molecule has 1 saturated heterocycles. The predicted octanol–water partition coefficient (Wildman–Crippen LogP) is 1.84. The van der Waals surface area contributed by atoms with Crippen molar-refractivity contribution in [3.63, 3.8) is 0 Å². The van der Waals surface area contributed by atoms with E-state index in [9.17, 15) is 5.11 Å². The zero-order chi connectivity index (χ0) is 11.6. The van der Waals surface area contributed by atoms with E-state index in [0.717, 1.165) is 10.4 Å². The van der Waals surface area contributed by atoms with Crippen molar-refractivity contribution in [1.29, 1.82) is 0 Å². The van der Waals surface area contributed by atoms with E-state index in [1.165, 1.54) is 0 Å². The first kappa shape index (κ1) is 12.1. The van der Waals surface area contributed by atoms with Gasteiger partial charge in [0.05, 0.1) is 12.6 Å². The van der Waals surface area contributed by atoms with E-state index in [0.29, 0.717) is 26.2 Å². The summed E-state index contributed by atoms with van der Waals surface area (Å²) in [6, 6.07) is 3.86. The maximum Gasteiger partial charge on any atom is 0.169 e. The molecule has 0 aromatic carbocycles. The van der Waals surface area contributed by atoms with Gasteiger partial charge in [-0.25, -0.2) is 0 Å². The Bertz CT molecular complexity index is 347. The predicted molar refractivity (Wildman–Crippen MR) is 63.2 cm³/mol. The van der Waals surface area contributed by atoms with Gasteiger partial charge in [-0.3, -0.25) is 0 Å². The highest BCUT2D eigenvalue weighted by atomic mass is 79.9. The lowest BCUT2D eigenvalue weighted by Crippen LogP contribution is -2.41. The fraction of sp³-hybridized carbons (Fsp3) is 0.636. The van der Waals surface area contributed by atoms with Crippen LogP contribution in [0.3, 0.4) is 0 Å². The largest absolute Gasteiger partial charge is 0.453 e. The van der Waals surface area contributed by atoms with Crippen molar-refractivity contribution in [3.05, 3.63) is 22.6 Å². The van der Waals surface area contributed by atoms with Crippen LogP contribution in [0.1, 0.15) is 25.1 Å². The van der Waals surface area contributed by atoms with Crippen LogP contribution in [0.2, 0.25) is 0 Å². The van der Waals surface area contributed by atoms with Crippen LogP contribution in [0, 0.1) is 0 Å². The second kappa shape index (κ2) is 4.87. The number of ether oxygens (including phenoxy) is 1. The van der Waals surface area contributed by atoms with Crippen LogP contribution in [0.25, 0.3) is 0 Å². The summed E-state index contributed by atoms with van der Waals surface area (Å²) in [5.74, 6) is 0.856. The highest BCUT2D eigenvalue weighted by Gasteiger charge is 2.32. The van der Waals surface area contributed by atoms with Gasteiger partial charge >= 0.3 is 0 Å². The second-order valence-corrected chi connectivity index (χ2v) is 5.05. The molecule has 0 saturated carbocycles. The molecule has 0 aliphatic carbocycles. The lowest BCUT2D eigenvalue weighted by molar-refractivity contribution is 0.0247. The van der Waals surface area contributed by atoms with Gasteiger partial charge in [0.15, 0.2) is 4.67 Å². The van der Waals surface area contributed by atoms with E-state index in [-0.39, 0.29) is 6.04 Å². The Morgan fingerprint density at radius 3 is 3.00 bits per heavy atom. The van der Waals surface area contributed by atoms with E-state index in [1.54, 1.807) is 0 Å². The number of hydrogen-bond acceptors (Lipinski definition) is 4. The van der Waals surface area contributed by atoms with E-state index in [1.807, 2.05) is 19.1 Å². The molecular formula is C11H16BrNO3. The number of hydrogen-bond donors (Lipinski definition) is 2. The minimum Gasteiger partial charge on any atom is -0.453 e. The smallest absolute Gasteiger partial charge is 0.169 e.